The molecule has 4 aromatic rings. The highest BCUT2D eigenvalue weighted by molar-refractivity contribution is 5.94. The van der Waals surface area contributed by atoms with E-state index in [1.165, 1.54) is 16.8 Å². The number of aromatic nitrogens is 5. The van der Waals surface area contributed by atoms with Crippen LogP contribution >= 0.6 is 0 Å². The van der Waals surface area contributed by atoms with Gasteiger partial charge in [-0.1, -0.05) is 29.8 Å². The van der Waals surface area contributed by atoms with Crippen LogP contribution in [0.2, 0.25) is 0 Å². The van der Waals surface area contributed by atoms with Gasteiger partial charge in [0.1, 0.15) is 12.0 Å². The van der Waals surface area contributed by atoms with E-state index in [2.05, 4.69) is 73.7 Å². The Kier molecular flexibility index (Phi) is 4.44. The van der Waals surface area contributed by atoms with Gasteiger partial charge in [0.2, 0.25) is 0 Å². The van der Waals surface area contributed by atoms with Crippen LogP contribution in [0.5, 0.6) is 0 Å². The number of hydrogen-bond donors (Lipinski definition) is 0. The van der Waals surface area contributed by atoms with E-state index in [0.29, 0.717) is 0 Å². The first-order chi connectivity index (χ1) is 13.0. The normalized spacial score (nSPS) is 11.9. The predicted molar refractivity (Wildman–Crippen MR) is 109 cm³/mol. The van der Waals surface area contributed by atoms with Gasteiger partial charge in [0.15, 0.2) is 11.5 Å². The van der Waals surface area contributed by atoms with Crippen LogP contribution in [0.3, 0.4) is 0 Å². The lowest BCUT2D eigenvalue weighted by Crippen LogP contribution is -2.15. The zero-order valence-electron chi connectivity index (χ0n) is 16.7. The quantitative estimate of drug-likeness (QED) is 0.544. The third-order valence-corrected chi connectivity index (χ3v) is 5.24. The van der Waals surface area contributed by atoms with Gasteiger partial charge in [-0.05, 0) is 53.4 Å². The van der Waals surface area contributed by atoms with Crippen LogP contribution in [0.4, 0.5) is 0 Å². The average molecular weight is 362 g/mol. The Labute approximate surface area is 159 Å². The fraction of sp³-hybridized carbons (Fsp3) is 0.381. The maximum atomic E-state index is 4.85. The molecule has 6 nitrogen and oxygen atoms in total. The first kappa shape index (κ1) is 17.7. The van der Waals surface area contributed by atoms with Crippen LogP contribution < -0.4 is 0 Å². The van der Waals surface area contributed by atoms with Gasteiger partial charge in [-0.2, -0.15) is 0 Å². The van der Waals surface area contributed by atoms with Crippen molar-refractivity contribution in [2.45, 2.75) is 33.7 Å². The SMILES string of the molecule is Cc1ccc(-c2nc3c4c(C)c(C)n(CCCN(C)C)c4ncn3n2)cc1. The fourth-order valence-corrected chi connectivity index (χ4v) is 3.57. The maximum absolute atomic E-state index is 4.85. The molecular formula is C21H26N6. The summed E-state index contributed by atoms with van der Waals surface area (Å²) in [4.78, 5) is 11.8. The summed E-state index contributed by atoms with van der Waals surface area (Å²) < 4.78 is 4.11. The summed E-state index contributed by atoms with van der Waals surface area (Å²) in [7, 11) is 4.22. The van der Waals surface area contributed by atoms with Crippen molar-refractivity contribution < 1.29 is 0 Å². The largest absolute Gasteiger partial charge is 0.329 e. The summed E-state index contributed by atoms with van der Waals surface area (Å²) in [6, 6.07) is 8.31. The lowest BCUT2D eigenvalue weighted by atomic mass is 10.1. The van der Waals surface area contributed by atoms with Gasteiger partial charge in [0.05, 0.1) is 5.39 Å². The molecule has 0 saturated carbocycles. The first-order valence-electron chi connectivity index (χ1n) is 9.38. The average Bonchev–Trinajstić information content (AvgIpc) is 3.17. The molecular weight excluding hydrogens is 336 g/mol. The molecule has 0 fully saturated rings. The predicted octanol–water partition coefficient (Wildman–Crippen LogP) is 3.62. The second-order valence-corrected chi connectivity index (χ2v) is 7.53. The highest BCUT2D eigenvalue weighted by Crippen LogP contribution is 2.28. The van der Waals surface area contributed by atoms with Crippen LogP contribution in [0.25, 0.3) is 28.1 Å². The smallest absolute Gasteiger partial charge is 0.182 e. The second kappa shape index (κ2) is 6.78. The van der Waals surface area contributed by atoms with Crippen molar-refractivity contribution in [3.05, 3.63) is 47.4 Å². The molecule has 4 rings (SSSR count). The molecule has 140 valence electrons. The number of nitrogens with zero attached hydrogens (tertiary/aromatic N) is 6. The Morgan fingerprint density at radius 2 is 1.74 bits per heavy atom. The van der Waals surface area contributed by atoms with Gasteiger partial charge in [-0.3, -0.25) is 0 Å². The minimum Gasteiger partial charge on any atom is -0.329 e. The van der Waals surface area contributed by atoms with Crippen LogP contribution in [0, 0.1) is 20.8 Å². The lowest BCUT2D eigenvalue weighted by Gasteiger charge is -2.11. The number of fused-ring (bicyclic) bond motifs is 3. The third kappa shape index (κ3) is 3.10. The Morgan fingerprint density at radius 1 is 1.00 bits per heavy atom. The van der Waals surface area contributed by atoms with Crippen LogP contribution in [-0.2, 0) is 6.54 Å². The van der Waals surface area contributed by atoms with Gasteiger partial charge < -0.3 is 9.47 Å². The molecule has 3 heterocycles. The van der Waals surface area contributed by atoms with Gasteiger partial charge >= 0.3 is 0 Å². The highest BCUT2D eigenvalue weighted by atomic mass is 15.3. The van der Waals surface area contributed by atoms with E-state index < -0.39 is 0 Å². The molecule has 0 bridgehead atoms. The van der Waals surface area contributed by atoms with Crippen LogP contribution in [0.15, 0.2) is 30.6 Å². The fourth-order valence-electron chi connectivity index (χ4n) is 3.57. The summed E-state index contributed by atoms with van der Waals surface area (Å²) >= 11 is 0. The third-order valence-electron chi connectivity index (χ3n) is 5.24. The molecule has 0 radical (unpaired) electrons. The minimum absolute atomic E-state index is 0.738. The molecule has 0 aliphatic rings. The zero-order chi connectivity index (χ0) is 19.1. The first-order valence-corrected chi connectivity index (χ1v) is 9.38. The Balaban J connectivity index is 1.82. The molecule has 27 heavy (non-hydrogen) atoms. The molecule has 0 saturated heterocycles. The van der Waals surface area contributed by atoms with Crippen LogP contribution in [-0.4, -0.2) is 49.7 Å². The van der Waals surface area contributed by atoms with Crippen molar-refractivity contribution in [1.29, 1.82) is 0 Å². The van der Waals surface area contributed by atoms with Gasteiger partial charge in [0, 0.05) is 17.8 Å². The molecule has 1 aromatic carbocycles. The zero-order valence-corrected chi connectivity index (χ0v) is 16.7. The van der Waals surface area contributed by atoms with Crippen molar-refractivity contribution in [1.82, 2.24) is 29.0 Å². The van der Waals surface area contributed by atoms with Crippen LogP contribution in [0.1, 0.15) is 23.2 Å². The summed E-state index contributed by atoms with van der Waals surface area (Å²) in [5.41, 5.74) is 6.62. The van der Waals surface area contributed by atoms with E-state index in [0.717, 1.165) is 47.6 Å². The molecule has 0 aliphatic heterocycles. The summed E-state index contributed by atoms with van der Waals surface area (Å²) in [6.07, 6.45) is 2.87. The summed E-state index contributed by atoms with van der Waals surface area (Å²) in [5, 5.41) is 5.76. The van der Waals surface area contributed by atoms with Crippen molar-refractivity contribution in [3.63, 3.8) is 0 Å². The molecule has 0 amide bonds. The van der Waals surface area contributed by atoms with E-state index in [9.17, 15) is 0 Å². The minimum atomic E-state index is 0.738. The number of rotatable bonds is 5. The lowest BCUT2D eigenvalue weighted by molar-refractivity contribution is 0.387. The second-order valence-electron chi connectivity index (χ2n) is 7.53. The monoisotopic (exact) mass is 362 g/mol. The van der Waals surface area contributed by atoms with Crippen molar-refractivity contribution in [3.8, 4) is 11.4 Å². The molecule has 0 atom stereocenters. The molecule has 0 spiro atoms. The molecule has 6 heteroatoms. The van der Waals surface area contributed by atoms with E-state index in [1.54, 1.807) is 10.8 Å². The number of hydrogen-bond acceptors (Lipinski definition) is 4. The maximum Gasteiger partial charge on any atom is 0.182 e. The molecule has 0 N–H and O–H groups in total. The van der Waals surface area contributed by atoms with Gasteiger partial charge in [-0.15, -0.1) is 5.10 Å². The standard InChI is InChI=1S/C21H26N6/c1-14-7-9-17(10-8-14)19-23-21-18-15(2)16(3)26(12-6-11-25(4)5)20(18)22-13-27(21)24-19/h7-10,13H,6,11-12H2,1-5H3. The summed E-state index contributed by atoms with van der Waals surface area (Å²) in [5.74, 6) is 0.738. The van der Waals surface area contributed by atoms with E-state index in [1.807, 2.05) is 0 Å². The van der Waals surface area contributed by atoms with Crippen molar-refractivity contribution >= 4 is 16.7 Å². The van der Waals surface area contributed by atoms with E-state index in [-0.39, 0.29) is 0 Å². The van der Waals surface area contributed by atoms with E-state index >= 15 is 0 Å². The Bertz CT molecular complexity index is 1100. The molecule has 3 aromatic heterocycles. The summed E-state index contributed by atoms with van der Waals surface area (Å²) in [6.45, 7) is 8.42. The number of aryl methyl sites for hydroxylation is 3. The molecule has 0 aliphatic carbocycles. The topological polar surface area (TPSA) is 51.2 Å². The Hall–Kier alpha value is -2.73. The van der Waals surface area contributed by atoms with Crippen molar-refractivity contribution in [2.24, 2.45) is 0 Å². The van der Waals surface area contributed by atoms with Gasteiger partial charge in [0.25, 0.3) is 0 Å². The highest BCUT2D eigenvalue weighted by Gasteiger charge is 2.18. The number of benzene rings is 1. The Morgan fingerprint density at radius 3 is 2.44 bits per heavy atom. The van der Waals surface area contributed by atoms with E-state index in [4.69, 9.17) is 9.97 Å². The van der Waals surface area contributed by atoms with Crippen molar-refractivity contribution in [2.75, 3.05) is 20.6 Å². The van der Waals surface area contributed by atoms with Gasteiger partial charge in [-0.25, -0.2) is 14.5 Å². The molecule has 0 unspecified atom stereocenters.